The van der Waals surface area contributed by atoms with E-state index in [-0.39, 0.29) is 5.91 Å². The van der Waals surface area contributed by atoms with Crippen LogP contribution in [0.25, 0.3) is 0 Å². The first-order valence-corrected chi connectivity index (χ1v) is 3.85. The lowest BCUT2D eigenvalue weighted by molar-refractivity contribution is -0.154. The normalized spacial score (nSPS) is 24.8. The van der Waals surface area contributed by atoms with Gasteiger partial charge in [-0.05, 0) is 6.92 Å². The molecular formula is C7H12N2O3. The summed E-state index contributed by atoms with van der Waals surface area (Å²) in [5.74, 6) is -0.763. The van der Waals surface area contributed by atoms with Crippen molar-refractivity contribution in [2.75, 3.05) is 6.54 Å². The number of rotatable bonds is 2. The molecule has 0 aliphatic carbocycles. The molecule has 0 bridgehead atoms. The van der Waals surface area contributed by atoms with Crippen LogP contribution in [0.4, 0.5) is 0 Å². The Balaban J connectivity index is 2.40. The lowest BCUT2D eigenvalue weighted by atomic mass is 10.3. The van der Waals surface area contributed by atoms with Crippen molar-refractivity contribution in [1.82, 2.24) is 5.32 Å². The molecule has 12 heavy (non-hydrogen) atoms. The molecule has 3 N–H and O–H groups in total. The van der Waals surface area contributed by atoms with Gasteiger partial charge in [-0.15, -0.1) is 0 Å². The molecule has 5 nitrogen and oxygen atoms in total. The molecule has 0 saturated carbocycles. The summed E-state index contributed by atoms with van der Waals surface area (Å²) in [4.78, 5) is 21.8. The summed E-state index contributed by atoms with van der Waals surface area (Å²) in [6.07, 6.45) is -0.0967. The first kappa shape index (κ1) is 8.99. The minimum Gasteiger partial charge on any atom is -0.451 e. The number of nitrogens with one attached hydrogen (secondary N) is 1. The lowest BCUT2D eigenvalue weighted by Crippen LogP contribution is -2.35. The Kier molecular flexibility index (Phi) is 2.65. The molecule has 0 aromatic carbocycles. The van der Waals surface area contributed by atoms with Gasteiger partial charge in [0.25, 0.3) is 5.91 Å². The fraction of sp³-hybridized carbons (Fsp3) is 0.714. The zero-order valence-electron chi connectivity index (χ0n) is 6.87. The van der Waals surface area contributed by atoms with E-state index >= 15 is 0 Å². The Morgan fingerprint density at radius 1 is 1.83 bits per heavy atom. The summed E-state index contributed by atoms with van der Waals surface area (Å²) in [5, 5.41) is 2.56. The number of hydrogen-bond acceptors (Lipinski definition) is 4. The van der Waals surface area contributed by atoms with Crippen molar-refractivity contribution in [2.45, 2.75) is 25.5 Å². The van der Waals surface area contributed by atoms with Gasteiger partial charge >= 0.3 is 5.97 Å². The summed E-state index contributed by atoms with van der Waals surface area (Å²) in [7, 11) is 0. The maximum atomic E-state index is 10.9. The van der Waals surface area contributed by atoms with E-state index in [0.29, 0.717) is 13.0 Å². The van der Waals surface area contributed by atoms with Crippen LogP contribution >= 0.6 is 0 Å². The molecule has 1 fully saturated rings. The number of amides is 1. The van der Waals surface area contributed by atoms with Crippen molar-refractivity contribution >= 4 is 11.9 Å². The van der Waals surface area contributed by atoms with Gasteiger partial charge in [-0.1, -0.05) is 0 Å². The van der Waals surface area contributed by atoms with E-state index in [2.05, 4.69) is 5.32 Å². The second-order valence-electron chi connectivity index (χ2n) is 2.79. The first-order valence-electron chi connectivity index (χ1n) is 3.85. The summed E-state index contributed by atoms with van der Waals surface area (Å²) in [5.41, 5.74) is 5.25. The molecule has 1 heterocycles. The van der Waals surface area contributed by atoms with Crippen molar-refractivity contribution in [3.63, 3.8) is 0 Å². The van der Waals surface area contributed by atoms with Gasteiger partial charge in [-0.25, -0.2) is 0 Å². The predicted molar refractivity (Wildman–Crippen MR) is 41.2 cm³/mol. The zero-order valence-corrected chi connectivity index (χ0v) is 6.87. The molecule has 0 spiro atoms. The molecule has 5 heteroatoms. The topological polar surface area (TPSA) is 81.4 Å². The van der Waals surface area contributed by atoms with Gasteiger partial charge in [-0.2, -0.15) is 0 Å². The number of ether oxygens (including phenoxy) is 1. The highest BCUT2D eigenvalue weighted by molar-refractivity contribution is 5.86. The number of carbonyl (C=O) groups is 2. The van der Waals surface area contributed by atoms with E-state index in [9.17, 15) is 9.59 Å². The molecule has 68 valence electrons. The summed E-state index contributed by atoms with van der Waals surface area (Å²) in [6.45, 7) is 2.09. The third kappa shape index (κ3) is 1.94. The third-order valence-electron chi connectivity index (χ3n) is 1.63. The van der Waals surface area contributed by atoms with E-state index in [4.69, 9.17) is 10.5 Å². The van der Waals surface area contributed by atoms with E-state index in [0.717, 1.165) is 0 Å². The molecule has 0 aromatic heterocycles. The fourth-order valence-corrected chi connectivity index (χ4v) is 0.931. The second-order valence-corrected chi connectivity index (χ2v) is 2.79. The van der Waals surface area contributed by atoms with Gasteiger partial charge in [0.05, 0.1) is 0 Å². The van der Waals surface area contributed by atoms with Crippen LogP contribution in [-0.4, -0.2) is 30.6 Å². The molecule has 0 aromatic rings. The van der Waals surface area contributed by atoms with Crippen LogP contribution in [0.3, 0.4) is 0 Å². The predicted octanol–water partition coefficient (Wildman–Crippen LogP) is -1.23. The average molecular weight is 172 g/mol. The van der Waals surface area contributed by atoms with Crippen molar-refractivity contribution in [3.05, 3.63) is 0 Å². The van der Waals surface area contributed by atoms with E-state index in [1.807, 2.05) is 0 Å². The minimum absolute atomic E-state index is 0.232. The van der Waals surface area contributed by atoms with Gasteiger partial charge in [0.2, 0.25) is 0 Å². The Bertz CT molecular complexity index is 203. The highest BCUT2D eigenvalue weighted by Crippen LogP contribution is 2.05. The van der Waals surface area contributed by atoms with Crippen LogP contribution < -0.4 is 11.1 Å². The quantitative estimate of drug-likeness (QED) is 0.511. The van der Waals surface area contributed by atoms with Crippen molar-refractivity contribution in [3.8, 4) is 0 Å². The lowest BCUT2D eigenvalue weighted by Gasteiger charge is -2.10. The fourth-order valence-electron chi connectivity index (χ4n) is 0.931. The minimum atomic E-state index is -0.668. The summed E-state index contributed by atoms with van der Waals surface area (Å²) in [6, 6.07) is -0.668. The summed E-state index contributed by atoms with van der Waals surface area (Å²) < 4.78 is 4.81. The monoisotopic (exact) mass is 172 g/mol. The Morgan fingerprint density at radius 3 is 2.92 bits per heavy atom. The molecule has 1 rings (SSSR count). The number of nitrogens with two attached hydrogens (primary N) is 1. The zero-order chi connectivity index (χ0) is 9.14. The molecule has 1 saturated heterocycles. The SMILES string of the molecule is C[C@H](N)C(=O)O[C@H]1CCNC1=O. The van der Waals surface area contributed by atoms with Gasteiger partial charge in [-0.3, -0.25) is 9.59 Å². The largest absolute Gasteiger partial charge is 0.451 e. The van der Waals surface area contributed by atoms with E-state index in [1.165, 1.54) is 6.92 Å². The van der Waals surface area contributed by atoms with E-state index < -0.39 is 18.1 Å². The first-order chi connectivity index (χ1) is 5.61. The van der Waals surface area contributed by atoms with E-state index in [1.54, 1.807) is 0 Å². The number of esters is 1. The van der Waals surface area contributed by atoms with Gasteiger partial charge in [0, 0.05) is 13.0 Å². The van der Waals surface area contributed by atoms with Crippen molar-refractivity contribution < 1.29 is 14.3 Å². The van der Waals surface area contributed by atoms with Crippen LogP contribution in [-0.2, 0) is 14.3 Å². The summed E-state index contributed by atoms with van der Waals surface area (Å²) >= 11 is 0. The van der Waals surface area contributed by atoms with Crippen LogP contribution in [0, 0.1) is 0 Å². The van der Waals surface area contributed by atoms with Crippen LogP contribution in [0.1, 0.15) is 13.3 Å². The van der Waals surface area contributed by atoms with Crippen molar-refractivity contribution in [2.24, 2.45) is 5.73 Å². The highest BCUT2D eigenvalue weighted by Gasteiger charge is 2.28. The number of hydrogen-bond donors (Lipinski definition) is 2. The van der Waals surface area contributed by atoms with Crippen LogP contribution in [0.15, 0.2) is 0 Å². The number of carbonyl (C=O) groups excluding carboxylic acids is 2. The molecule has 1 amide bonds. The van der Waals surface area contributed by atoms with Gasteiger partial charge < -0.3 is 15.8 Å². The van der Waals surface area contributed by atoms with Gasteiger partial charge in [0.15, 0.2) is 6.10 Å². The molecular weight excluding hydrogens is 160 g/mol. The van der Waals surface area contributed by atoms with Crippen LogP contribution in [0.5, 0.6) is 0 Å². The molecule has 0 radical (unpaired) electrons. The Labute approximate surface area is 70.2 Å². The molecule has 2 atom stereocenters. The van der Waals surface area contributed by atoms with Crippen molar-refractivity contribution in [1.29, 1.82) is 0 Å². The second kappa shape index (κ2) is 3.53. The molecule has 1 aliphatic rings. The highest BCUT2D eigenvalue weighted by atomic mass is 16.5. The standard InChI is InChI=1S/C7H12N2O3/c1-4(8)7(11)12-5-2-3-9-6(5)10/h4-5H,2-3,8H2,1H3,(H,9,10)/t4-,5-/m0/s1. The maximum absolute atomic E-state index is 10.9. The molecule has 1 aliphatic heterocycles. The smallest absolute Gasteiger partial charge is 0.323 e. The molecule has 0 unspecified atom stereocenters. The third-order valence-corrected chi connectivity index (χ3v) is 1.63. The van der Waals surface area contributed by atoms with Gasteiger partial charge in [0.1, 0.15) is 6.04 Å². The van der Waals surface area contributed by atoms with Crippen LogP contribution in [0.2, 0.25) is 0 Å². The Hall–Kier alpha value is -1.10. The Morgan fingerprint density at radius 2 is 2.50 bits per heavy atom. The maximum Gasteiger partial charge on any atom is 0.323 e. The average Bonchev–Trinajstić information content (AvgIpc) is 2.36.